The molecule has 1 heterocycles. The maximum Gasteiger partial charge on any atom is 0.420 e. The minimum Gasteiger partial charge on any atom is -0.408 e. The first-order valence-corrected chi connectivity index (χ1v) is 4.10. The Kier molecular flexibility index (Phi) is 1.58. The van der Waals surface area contributed by atoms with Crippen molar-refractivity contribution in [3.63, 3.8) is 0 Å². The van der Waals surface area contributed by atoms with Gasteiger partial charge in [-0.3, -0.25) is 4.57 Å². The molecule has 0 saturated heterocycles. The van der Waals surface area contributed by atoms with Gasteiger partial charge in [-0.05, 0) is 18.2 Å². The Bertz CT molecular complexity index is 483. The van der Waals surface area contributed by atoms with Crippen molar-refractivity contribution in [1.29, 1.82) is 0 Å². The summed E-state index contributed by atoms with van der Waals surface area (Å²) in [7, 11) is 3.54. The van der Waals surface area contributed by atoms with Crippen molar-refractivity contribution in [3.8, 4) is 0 Å². The normalized spacial score (nSPS) is 10.8. The predicted octanol–water partition coefficient (Wildman–Crippen LogP) is 2.00. The minimum absolute atomic E-state index is 0.442. The first kappa shape index (κ1) is 7.61. The zero-order valence-electron chi connectivity index (χ0n) is 6.08. The molecule has 0 spiro atoms. The van der Waals surface area contributed by atoms with Crippen molar-refractivity contribution in [1.82, 2.24) is 4.57 Å². The van der Waals surface area contributed by atoms with Gasteiger partial charge in [0.25, 0.3) is 0 Å². The fourth-order valence-corrected chi connectivity index (χ4v) is 1.38. The molecule has 0 aliphatic rings. The predicted molar refractivity (Wildman–Crippen MR) is 48.9 cm³/mol. The van der Waals surface area contributed by atoms with Crippen LogP contribution in [0.3, 0.4) is 0 Å². The highest BCUT2D eigenvalue weighted by atomic mass is 79.9. The van der Waals surface area contributed by atoms with Gasteiger partial charge >= 0.3 is 5.76 Å². The van der Waals surface area contributed by atoms with Crippen molar-refractivity contribution in [2.45, 2.75) is 0 Å². The van der Waals surface area contributed by atoms with Gasteiger partial charge in [0.15, 0.2) is 5.58 Å². The van der Waals surface area contributed by atoms with Crippen molar-refractivity contribution in [2.24, 2.45) is 0 Å². The summed E-state index contributed by atoms with van der Waals surface area (Å²) in [6.45, 7) is 0. The number of hydrogen-bond acceptors (Lipinski definition) is 2. The molecule has 0 atom stereocenters. The van der Waals surface area contributed by atoms with Crippen LogP contribution in [0.1, 0.15) is 0 Å². The summed E-state index contributed by atoms with van der Waals surface area (Å²) in [5, 5.41) is 0. The van der Waals surface area contributed by atoms with Crippen molar-refractivity contribution >= 4 is 27.0 Å². The number of hydrogen-bond donors (Lipinski definition) is 0. The van der Waals surface area contributed by atoms with E-state index in [1.54, 1.807) is 12.1 Å². The van der Waals surface area contributed by atoms with Crippen molar-refractivity contribution in [2.75, 3.05) is 0 Å². The van der Waals surface area contributed by atoms with Gasteiger partial charge in [-0.25, -0.2) is 4.79 Å². The Morgan fingerprint density at radius 1 is 1.50 bits per heavy atom. The molecule has 0 amide bonds. The highest BCUT2D eigenvalue weighted by Crippen LogP contribution is 2.17. The number of fused-ring (bicyclic) bond motifs is 1. The van der Waals surface area contributed by atoms with Crippen LogP contribution in [-0.2, 0) is 0 Å². The lowest BCUT2D eigenvalue weighted by atomic mass is 10.3. The molecule has 0 fully saturated rings. The second kappa shape index (κ2) is 2.48. The zero-order chi connectivity index (χ0) is 8.72. The Morgan fingerprint density at radius 2 is 2.25 bits per heavy atom. The Hall–Kier alpha value is -1.03. The number of rotatable bonds is 0. The summed E-state index contributed by atoms with van der Waals surface area (Å²) in [5.74, 6) is -0.442. The molecule has 0 aliphatic carbocycles. The molecule has 0 N–H and O–H groups in total. The number of halogens is 1. The van der Waals surface area contributed by atoms with Crippen molar-refractivity contribution < 1.29 is 4.42 Å². The average molecular weight is 227 g/mol. The zero-order valence-corrected chi connectivity index (χ0v) is 7.67. The lowest BCUT2D eigenvalue weighted by molar-refractivity contribution is 0.539. The van der Waals surface area contributed by atoms with Crippen LogP contribution in [0, 0.1) is 7.05 Å². The highest BCUT2D eigenvalue weighted by molar-refractivity contribution is 9.10. The van der Waals surface area contributed by atoms with E-state index in [-0.39, 0.29) is 0 Å². The lowest BCUT2D eigenvalue weighted by Gasteiger charge is -1.90. The van der Waals surface area contributed by atoms with Gasteiger partial charge in [0.2, 0.25) is 0 Å². The molecular formula is C8H5BrNO2. The van der Waals surface area contributed by atoms with E-state index in [0.29, 0.717) is 11.1 Å². The third-order valence-electron chi connectivity index (χ3n) is 1.63. The van der Waals surface area contributed by atoms with Crippen LogP contribution in [0.25, 0.3) is 11.1 Å². The smallest absolute Gasteiger partial charge is 0.408 e. The van der Waals surface area contributed by atoms with Crippen molar-refractivity contribution in [3.05, 3.63) is 40.3 Å². The maximum atomic E-state index is 11.0. The second-order valence-corrected chi connectivity index (χ2v) is 3.32. The molecule has 0 aliphatic heterocycles. The van der Waals surface area contributed by atoms with Gasteiger partial charge in [0.1, 0.15) is 0 Å². The number of oxazole rings is 1. The molecule has 0 bridgehead atoms. The topological polar surface area (TPSA) is 35.1 Å². The molecule has 12 heavy (non-hydrogen) atoms. The highest BCUT2D eigenvalue weighted by Gasteiger charge is 2.04. The fourth-order valence-electron chi connectivity index (χ4n) is 1.04. The molecule has 3 nitrogen and oxygen atoms in total. The quantitative estimate of drug-likeness (QED) is 0.689. The number of nitrogens with zero attached hydrogens (tertiary/aromatic N) is 1. The fraction of sp³-hybridized carbons (Fsp3) is 0. The van der Waals surface area contributed by atoms with Gasteiger partial charge in [-0.1, -0.05) is 15.9 Å². The van der Waals surface area contributed by atoms with E-state index >= 15 is 0 Å². The van der Waals surface area contributed by atoms with E-state index in [2.05, 4.69) is 23.0 Å². The molecular weight excluding hydrogens is 222 g/mol. The third-order valence-corrected chi connectivity index (χ3v) is 2.12. The number of aromatic nitrogens is 1. The summed E-state index contributed by atoms with van der Waals surface area (Å²) < 4.78 is 7.00. The summed E-state index contributed by atoms with van der Waals surface area (Å²) >= 11 is 3.29. The summed E-state index contributed by atoms with van der Waals surface area (Å²) in [6, 6.07) is 5.32. The third kappa shape index (κ3) is 0.992. The molecule has 1 aromatic carbocycles. The molecule has 4 heteroatoms. The Labute approximate surface area is 76.7 Å². The Morgan fingerprint density at radius 3 is 3.00 bits per heavy atom. The lowest BCUT2D eigenvalue weighted by Crippen LogP contribution is -2.06. The van der Waals surface area contributed by atoms with Crippen LogP contribution in [-0.4, -0.2) is 4.57 Å². The van der Waals surface area contributed by atoms with Crippen LogP contribution < -0.4 is 5.76 Å². The van der Waals surface area contributed by atoms with Gasteiger partial charge in [0.05, 0.1) is 5.52 Å². The summed E-state index contributed by atoms with van der Waals surface area (Å²) in [4.78, 5) is 11.0. The average Bonchev–Trinajstić information content (AvgIpc) is 2.31. The monoisotopic (exact) mass is 226 g/mol. The van der Waals surface area contributed by atoms with E-state index < -0.39 is 5.76 Å². The van der Waals surface area contributed by atoms with Crippen LogP contribution in [0.5, 0.6) is 0 Å². The number of benzene rings is 1. The molecule has 0 saturated carbocycles. The molecule has 2 rings (SSSR count). The molecule has 61 valence electrons. The van der Waals surface area contributed by atoms with E-state index in [1.165, 1.54) is 4.57 Å². The summed E-state index contributed by atoms with van der Waals surface area (Å²) in [5.41, 5.74) is 1.24. The Balaban J connectivity index is 2.98. The van der Waals surface area contributed by atoms with Crippen LogP contribution >= 0.6 is 15.9 Å². The van der Waals surface area contributed by atoms with E-state index in [4.69, 9.17) is 4.42 Å². The van der Waals surface area contributed by atoms with E-state index in [0.717, 1.165) is 4.47 Å². The van der Waals surface area contributed by atoms with E-state index in [9.17, 15) is 4.79 Å². The van der Waals surface area contributed by atoms with Crippen LogP contribution in [0.4, 0.5) is 0 Å². The molecule has 0 unspecified atom stereocenters. The molecule has 2 aromatic rings. The SMILES string of the molecule is [CH2]n1c(=O)oc2ccc(Br)cc21. The van der Waals surface area contributed by atoms with Gasteiger partial charge in [0, 0.05) is 11.5 Å². The van der Waals surface area contributed by atoms with Crippen LogP contribution in [0.2, 0.25) is 0 Å². The first-order valence-electron chi connectivity index (χ1n) is 3.30. The first-order chi connectivity index (χ1) is 5.68. The minimum atomic E-state index is -0.442. The molecule has 1 aromatic heterocycles. The summed E-state index contributed by atoms with van der Waals surface area (Å²) in [6.07, 6.45) is 0. The second-order valence-electron chi connectivity index (χ2n) is 2.41. The maximum absolute atomic E-state index is 11.0. The van der Waals surface area contributed by atoms with Gasteiger partial charge in [-0.15, -0.1) is 0 Å². The van der Waals surface area contributed by atoms with Gasteiger partial charge < -0.3 is 4.42 Å². The largest absolute Gasteiger partial charge is 0.420 e. The van der Waals surface area contributed by atoms with Crippen LogP contribution in [0.15, 0.2) is 31.9 Å². The van der Waals surface area contributed by atoms with E-state index in [1.807, 2.05) is 6.07 Å². The standard InChI is InChI=1S/C8H5BrNO2/c1-10-6-4-5(9)2-3-7(6)12-8(10)11/h2-4H,1H2. The molecule has 1 radical (unpaired) electrons. The van der Waals surface area contributed by atoms with Gasteiger partial charge in [-0.2, -0.15) is 0 Å².